The van der Waals surface area contributed by atoms with Crippen LogP contribution in [0.5, 0.6) is 0 Å². The van der Waals surface area contributed by atoms with Gasteiger partial charge in [-0.2, -0.15) is 0 Å². The number of anilines is 3. The Kier molecular flexibility index (Phi) is 9.68. The van der Waals surface area contributed by atoms with Crippen LogP contribution in [-0.4, -0.2) is 0 Å². The van der Waals surface area contributed by atoms with Crippen LogP contribution in [0.2, 0.25) is 0 Å². The molecule has 0 fully saturated rings. The fourth-order valence-electron chi connectivity index (χ4n) is 8.26. The Morgan fingerprint density at radius 1 is 0.203 bits per heavy atom. The van der Waals surface area contributed by atoms with E-state index in [1.165, 1.54) is 77.5 Å². The van der Waals surface area contributed by atoms with Crippen molar-refractivity contribution in [3.8, 4) is 66.8 Å². The first kappa shape index (κ1) is 35.7. The summed E-state index contributed by atoms with van der Waals surface area (Å²) in [6.45, 7) is 0. The predicted octanol–water partition coefficient (Wildman–Crippen LogP) is 16.3. The highest BCUT2D eigenvalue weighted by Gasteiger charge is 2.16. The van der Waals surface area contributed by atoms with Gasteiger partial charge < -0.3 is 4.90 Å². The van der Waals surface area contributed by atoms with Crippen LogP contribution in [-0.2, 0) is 0 Å². The summed E-state index contributed by atoms with van der Waals surface area (Å²) in [7, 11) is 0. The van der Waals surface area contributed by atoms with E-state index in [0.29, 0.717) is 0 Å². The molecule has 0 saturated heterocycles. The SMILES string of the molecule is c1ccc(-c2ccc(-c3ccc(-c4ccc(N(c5ccc(-c6ccccc6)cc5)c5ccc(-c6cccc7ccccc67)cc5)cc4)cc3-c3ccccc3)cc2)cc1. The van der Waals surface area contributed by atoms with Crippen LogP contribution in [0.3, 0.4) is 0 Å². The zero-order chi connectivity index (χ0) is 39.4. The van der Waals surface area contributed by atoms with Crippen LogP contribution in [0.25, 0.3) is 77.5 Å². The third-order valence-corrected chi connectivity index (χ3v) is 11.3. The van der Waals surface area contributed by atoms with Crippen LogP contribution >= 0.6 is 0 Å². The van der Waals surface area contributed by atoms with Crippen molar-refractivity contribution in [2.75, 3.05) is 4.90 Å². The van der Waals surface area contributed by atoms with Crippen molar-refractivity contribution in [1.29, 1.82) is 0 Å². The highest BCUT2D eigenvalue weighted by molar-refractivity contribution is 5.97. The summed E-state index contributed by atoms with van der Waals surface area (Å²) in [6, 6.07) is 89.7. The lowest BCUT2D eigenvalue weighted by atomic mass is 9.90. The standard InChI is InChI=1S/C58H41N/c1-4-13-42(14-5-1)44-23-25-49(26-24-44)57-40-33-51(41-58(57)48-17-8-3-9-18-48)46-29-36-53(37-30-46)59(52-34-27-45(28-35-52)43-15-6-2-7-16-43)54-38-31-50(32-39-54)56-22-12-20-47-19-10-11-21-55(47)56/h1-41H. The molecule has 0 unspecified atom stereocenters. The van der Waals surface area contributed by atoms with E-state index in [2.05, 4.69) is 254 Å². The Balaban J connectivity index is 1.01. The molecule has 0 saturated carbocycles. The lowest BCUT2D eigenvalue weighted by Crippen LogP contribution is -2.09. The lowest BCUT2D eigenvalue weighted by Gasteiger charge is -2.26. The summed E-state index contributed by atoms with van der Waals surface area (Å²) in [5, 5.41) is 2.51. The molecule has 10 rings (SSSR count). The number of nitrogens with zero attached hydrogens (tertiary/aromatic N) is 1. The van der Waals surface area contributed by atoms with Crippen molar-refractivity contribution in [3.63, 3.8) is 0 Å². The van der Waals surface area contributed by atoms with Crippen molar-refractivity contribution in [1.82, 2.24) is 0 Å². The summed E-state index contributed by atoms with van der Waals surface area (Å²) in [6.07, 6.45) is 0. The molecule has 0 aromatic heterocycles. The monoisotopic (exact) mass is 751 g/mol. The van der Waals surface area contributed by atoms with E-state index >= 15 is 0 Å². The fourth-order valence-corrected chi connectivity index (χ4v) is 8.26. The minimum absolute atomic E-state index is 1.09. The quantitative estimate of drug-likeness (QED) is 0.142. The molecular weight excluding hydrogens is 711 g/mol. The van der Waals surface area contributed by atoms with Gasteiger partial charge in [-0.05, 0) is 120 Å². The van der Waals surface area contributed by atoms with Gasteiger partial charge in [-0.25, -0.2) is 0 Å². The summed E-state index contributed by atoms with van der Waals surface area (Å²) in [4.78, 5) is 2.35. The number of fused-ring (bicyclic) bond motifs is 1. The van der Waals surface area contributed by atoms with Gasteiger partial charge in [0.05, 0.1) is 0 Å². The third kappa shape index (κ3) is 7.34. The normalized spacial score (nSPS) is 11.1. The molecule has 0 amide bonds. The highest BCUT2D eigenvalue weighted by Crippen LogP contribution is 2.40. The molecule has 10 aromatic carbocycles. The Hall–Kier alpha value is -7.74. The molecule has 0 aliphatic carbocycles. The van der Waals surface area contributed by atoms with Crippen LogP contribution in [0.15, 0.2) is 249 Å². The fraction of sp³-hybridized carbons (Fsp3) is 0. The molecule has 0 heterocycles. The average molecular weight is 752 g/mol. The first-order valence-electron chi connectivity index (χ1n) is 20.2. The van der Waals surface area contributed by atoms with Crippen LogP contribution < -0.4 is 4.90 Å². The van der Waals surface area contributed by atoms with E-state index in [4.69, 9.17) is 0 Å². The number of benzene rings is 10. The topological polar surface area (TPSA) is 3.24 Å². The van der Waals surface area contributed by atoms with E-state index < -0.39 is 0 Å². The summed E-state index contributed by atoms with van der Waals surface area (Å²) in [5.41, 5.74) is 17.8. The highest BCUT2D eigenvalue weighted by atomic mass is 15.1. The van der Waals surface area contributed by atoms with E-state index in [9.17, 15) is 0 Å². The summed E-state index contributed by atoms with van der Waals surface area (Å²) < 4.78 is 0. The van der Waals surface area contributed by atoms with Gasteiger partial charge in [0.15, 0.2) is 0 Å². The maximum atomic E-state index is 2.35. The molecule has 0 atom stereocenters. The molecule has 0 radical (unpaired) electrons. The Labute approximate surface area is 346 Å². The Bertz CT molecular complexity index is 2970. The van der Waals surface area contributed by atoms with Crippen LogP contribution in [0.4, 0.5) is 17.1 Å². The van der Waals surface area contributed by atoms with Gasteiger partial charge in [0.2, 0.25) is 0 Å². The van der Waals surface area contributed by atoms with E-state index in [-0.39, 0.29) is 0 Å². The van der Waals surface area contributed by atoms with Crippen molar-refractivity contribution >= 4 is 27.8 Å². The van der Waals surface area contributed by atoms with Gasteiger partial charge >= 0.3 is 0 Å². The van der Waals surface area contributed by atoms with Gasteiger partial charge in [0.1, 0.15) is 0 Å². The minimum Gasteiger partial charge on any atom is -0.311 e. The van der Waals surface area contributed by atoms with E-state index in [1.54, 1.807) is 0 Å². The molecule has 1 heteroatoms. The van der Waals surface area contributed by atoms with Crippen molar-refractivity contribution in [3.05, 3.63) is 249 Å². The van der Waals surface area contributed by atoms with Crippen LogP contribution in [0.1, 0.15) is 0 Å². The van der Waals surface area contributed by atoms with Gasteiger partial charge in [-0.15, -0.1) is 0 Å². The second kappa shape index (κ2) is 16.0. The number of rotatable bonds is 9. The molecule has 0 N–H and O–H groups in total. The molecular formula is C58H41N. The molecule has 10 aromatic rings. The summed E-state index contributed by atoms with van der Waals surface area (Å²) in [5.74, 6) is 0. The maximum Gasteiger partial charge on any atom is 0.0462 e. The number of hydrogen-bond acceptors (Lipinski definition) is 1. The van der Waals surface area contributed by atoms with Gasteiger partial charge in [-0.3, -0.25) is 0 Å². The Morgan fingerprint density at radius 3 is 1.12 bits per heavy atom. The second-order valence-corrected chi connectivity index (χ2v) is 14.9. The molecule has 59 heavy (non-hydrogen) atoms. The molecule has 278 valence electrons. The lowest BCUT2D eigenvalue weighted by molar-refractivity contribution is 1.28. The van der Waals surface area contributed by atoms with Gasteiger partial charge in [-0.1, -0.05) is 206 Å². The van der Waals surface area contributed by atoms with Gasteiger partial charge in [0.25, 0.3) is 0 Å². The zero-order valence-corrected chi connectivity index (χ0v) is 32.6. The molecule has 0 bridgehead atoms. The zero-order valence-electron chi connectivity index (χ0n) is 32.6. The Morgan fingerprint density at radius 2 is 0.559 bits per heavy atom. The second-order valence-electron chi connectivity index (χ2n) is 14.9. The maximum absolute atomic E-state index is 2.35. The molecule has 0 aliphatic rings. The summed E-state index contributed by atoms with van der Waals surface area (Å²) >= 11 is 0. The number of hydrogen-bond donors (Lipinski definition) is 0. The van der Waals surface area contributed by atoms with Crippen molar-refractivity contribution in [2.45, 2.75) is 0 Å². The smallest absolute Gasteiger partial charge is 0.0462 e. The van der Waals surface area contributed by atoms with Gasteiger partial charge in [0, 0.05) is 17.1 Å². The van der Waals surface area contributed by atoms with Crippen molar-refractivity contribution in [2.24, 2.45) is 0 Å². The third-order valence-electron chi connectivity index (χ3n) is 11.3. The molecule has 0 spiro atoms. The first-order valence-corrected chi connectivity index (χ1v) is 20.2. The molecule has 1 nitrogen and oxygen atoms in total. The first-order chi connectivity index (χ1) is 29.2. The van der Waals surface area contributed by atoms with Crippen molar-refractivity contribution < 1.29 is 0 Å². The van der Waals surface area contributed by atoms with Crippen LogP contribution in [0, 0.1) is 0 Å². The minimum atomic E-state index is 1.09. The predicted molar refractivity (Wildman–Crippen MR) is 251 cm³/mol. The van der Waals surface area contributed by atoms with E-state index in [0.717, 1.165) is 17.1 Å². The average Bonchev–Trinajstić information content (AvgIpc) is 3.33. The van der Waals surface area contributed by atoms with E-state index in [1.807, 2.05) is 0 Å². The molecule has 0 aliphatic heterocycles. The largest absolute Gasteiger partial charge is 0.311 e.